The van der Waals surface area contributed by atoms with Gasteiger partial charge in [-0.3, -0.25) is 0 Å². The lowest BCUT2D eigenvalue weighted by Crippen LogP contribution is -2.63. The predicted molar refractivity (Wildman–Crippen MR) is 101 cm³/mol. The van der Waals surface area contributed by atoms with E-state index in [4.69, 9.17) is 23.7 Å². The summed E-state index contributed by atoms with van der Waals surface area (Å²) in [5.74, 6) is -2.36. The van der Waals surface area contributed by atoms with Gasteiger partial charge in [0, 0.05) is 0 Å². The molecule has 0 amide bonds. The molecule has 0 unspecified atom stereocenters. The Morgan fingerprint density at radius 2 is 1.12 bits per heavy atom. The van der Waals surface area contributed by atoms with Gasteiger partial charge in [-0.15, -0.1) is 0 Å². The summed E-state index contributed by atoms with van der Waals surface area (Å²) in [7, 11) is 0. The van der Waals surface area contributed by atoms with Crippen LogP contribution in [0.4, 0.5) is 0 Å². The number of rotatable bonds is 8. The molecular weight excluding hydrogens is 472 g/mol. The number of aliphatic hydroxyl groups excluding tert-OH is 11. The molecule has 3 saturated heterocycles. The highest BCUT2D eigenvalue weighted by Crippen LogP contribution is 2.36. The van der Waals surface area contributed by atoms with Crippen molar-refractivity contribution in [2.75, 3.05) is 26.4 Å². The van der Waals surface area contributed by atoms with Gasteiger partial charge in [0.15, 0.2) is 12.6 Å². The van der Waals surface area contributed by atoms with Crippen LogP contribution in [0.1, 0.15) is 0 Å². The lowest BCUT2D eigenvalue weighted by atomic mass is 9.98. The van der Waals surface area contributed by atoms with Crippen LogP contribution in [0.5, 0.6) is 0 Å². The molecule has 11 N–H and O–H groups in total. The third-order valence-corrected chi connectivity index (χ3v) is 6.16. The normalized spacial score (nSPS) is 52.1. The van der Waals surface area contributed by atoms with Gasteiger partial charge >= 0.3 is 0 Å². The Kier molecular flexibility index (Phi) is 9.18. The smallest absolute Gasteiger partial charge is 0.224 e. The largest absolute Gasteiger partial charge is 0.394 e. The van der Waals surface area contributed by atoms with Crippen LogP contribution >= 0.6 is 0 Å². The predicted octanol–water partition coefficient (Wildman–Crippen LogP) is -7.57. The number of hydrogen-bond donors (Lipinski definition) is 11. The van der Waals surface area contributed by atoms with Crippen molar-refractivity contribution >= 4 is 0 Å². The van der Waals surface area contributed by atoms with Crippen LogP contribution in [0.3, 0.4) is 0 Å². The summed E-state index contributed by atoms with van der Waals surface area (Å²) in [5.41, 5.74) is 0. The van der Waals surface area contributed by atoms with Crippen molar-refractivity contribution in [2.24, 2.45) is 0 Å². The van der Waals surface area contributed by atoms with Gasteiger partial charge < -0.3 is 79.9 Å². The van der Waals surface area contributed by atoms with E-state index in [1.807, 2.05) is 0 Å². The maximum Gasteiger partial charge on any atom is 0.224 e. The van der Waals surface area contributed by atoms with E-state index >= 15 is 0 Å². The van der Waals surface area contributed by atoms with Crippen LogP contribution in [0.25, 0.3) is 0 Å². The Labute approximate surface area is 192 Å². The van der Waals surface area contributed by atoms with E-state index in [1.165, 1.54) is 0 Å². The summed E-state index contributed by atoms with van der Waals surface area (Å²) in [4.78, 5) is 0. The Morgan fingerprint density at radius 1 is 0.588 bits per heavy atom. The van der Waals surface area contributed by atoms with E-state index in [0.29, 0.717) is 0 Å². The molecule has 16 heteroatoms. The second kappa shape index (κ2) is 11.2. The van der Waals surface area contributed by atoms with Crippen LogP contribution in [0.2, 0.25) is 0 Å². The van der Waals surface area contributed by atoms with E-state index in [2.05, 4.69) is 0 Å². The van der Waals surface area contributed by atoms with Gasteiger partial charge in [0.2, 0.25) is 5.79 Å². The first kappa shape index (κ1) is 27.9. The average molecular weight is 504 g/mol. The van der Waals surface area contributed by atoms with E-state index in [1.54, 1.807) is 0 Å². The molecule has 16 nitrogen and oxygen atoms in total. The highest BCUT2D eigenvalue weighted by Gasteiger charge is 2.58. The first-order valence-corrected chi connectivity index (χ1v) is 10.6. The zero-order valence-corrected chi connectivity index (χ0v) is 17.8. The molecule has 0 bridgehead atoms. The molecule has 3 heterocycles. The third kappa shape index (κ3) is 5.09. The molecule has 0 aromatic carbocycles. The van der Waals surface area contributed by atoms with Crippen molar-refractivity contribution in [2.45, 2.75) is 85.5 Å². The minimum atomic E-state index is -2.36. The van der Waals surface area contributed by atoms with Gasteiger partial charge in [-0.25, -0.2) is 0 Å². The molecule has 3 aliphatic heterocycles. The summed E-state index contributed by atoms with van der Waals surface area (Å²) < 4.78 is 26.4. The van der Waals surface area contributed by atoms with Crippen LogP contribution in [-0.2, 0) is 23.7 Å². The zero-order valence-electron chi connectivity index (χ0n) is 17.8. The van der Waals surface area contributed by atoms with Crippen LogP contribution in [-0.4, -0.2) is 168 Å². The maximum absolute atomic E-state index is 10.3. The summed E-state index contributed by atoms with van der Waals surface area (Å²) in [6.07, 6.45) is -21.8. The maximum atomic E-state index is 10.3. The van der Waals surface area contributed by atoms with E-state index in [0.717, 1.165) is 0 Å². The first-order valence-electron chi connectivity index (χ1n) is 10.6. The monoisotopic (exact) mass is 504 g/mol. The van der Waals surface area contributed by atoms with Crippen LogP contribution < -0.4 is 0 Å². The van der Waals surface area contributed by atoms with E-state index < -0.39 is 112 Å². The summed E-state index contributed by atoms with van der Waals surface area (Å²) in [6, 6.07) is 0. The molecule has 3 aliphatic rings. The Morgan fingerprint density at radius 3 is 1.65 bits per heavy atom. The molecule has 0 aliphatic carbocycles. The van der Waals surface area contributed by atoms with Gasteiger partial charge in [0.25, 0.3) is 0 Å². The Hall–Kier alpha value is -0.640. The van der Waals surface area contributed by atoms with Gasteiger partial charge in [0.05, 0.1) is 19.8 Å². The van der Waals surface area contributed by atoms with E-state index in [9.17, 15) is 56.2 Å². The molecule has 0 saturated carbocycles. The topological polar surface area (TPSA) is 269 Å². The summed E-state index contributed by atoms with van der Waals surface area (Å²) in [6.45, 7) is -3.14. The van der Waals surface area contributed by atoms with Crippen LogP contribution in [0.15, 0.2) is 0 Å². The molecule has 0 aromatic rings. The highest BCUT2D eigenvalue weighted by atomic mass is 16.8. The lowest BCUT2D eigenvalue weighted by molar-refractivity contribution is -0.388. The molecule has 0 aromatic heterocycles. The van der Waals surface area contributed by atoms with E-state index in [-0.39, 0.29) is 0 Å². The minimum absolute atomic E-state index is 0.634. The second-order valence-electron chi connectivity index (χ2n) is 8.41. The van der Waals surface area contributed by atoms with Gasteiger partial charge in [-0.1, -0.05) is 0 Å². The van der Waals surface area contributed by atoms with Crippen molar-refractivity contribution in [3.63, 3.8) is 0 Å². The molecule has 0 radical (unpaired) electrons. The Bertz CT molecular complexity index is 653. The lowest BCUT2D eigenvalue weighted by Gasteiger charge is -2.44. The molecule has 0 spiro atoms. The molecule has 14 atom stereocenters. The summed E-state index contributed by atoms with van der Waals surface area (Å²) in [5, 5.41) is 109. The Balaban J connectivity index is 1.69. The number of hydrogen-bond acceptors (Lipinski definition) is 16. The quantitative estimate of drug-likeness (QED) is 0.146. The number of ether oxygens (including phenoxy) is 5. The van der Waals surface area contributed by atoms with Crippen molar-refractivity contribution in [1.29, 1.82) is 0 Å². The fraction of sp³-hybridized carbons (Fsp3) is 1.00. The molecule has 200 valence electrons. The van der Waals surface area contributed by atoms with Gasteiger partial charge in [0.1, 0.15) is 73.8 Å². The average Bonchev–Trinajstić information content (AvgIpc) is 3.08. The fourth-order valence-corrected chi connectivity index (χ4v) is 4.01. The third-order valence-electron chi connectivity index (χ3n) is 6.16. The zero-order chi connectivity index (χ0) is 25.4. The van der Waals surface area contributed by atoms with Crippen molar-refractivity contribution in [3.8, 4) is 0 Å². The first-order chi connectivity index (χ1) is 16.0. The molecule has 34 heavy (non-hydrogen) atoms. The van der Waals surface area contributed by atoms with Crippen molar-refractivity contribution in [1.82, 2.24) is 0 Å². The SMILES string of the molecule is OC[C@@H]1O[C@H](OC[C@@H]2O[C@H](O[C@]3(CO)O[C@H](CO)[C@H](O)[C@@H]3O)[C@@H](O)[C@H](O)[C@@H]2O)[C@@H](O)[C@H](O)[C@H]1O. The van der Waals surface area contributed by atoms with Crippen molar-refractivity contribution < 1.29 is 79.9 Å². The standard InChI is InChI=1S/C18H32O16/c19-1-5-8(22)11(25)13(27)16(31-5)30-3-7-9(23)12(26)14(28)17(32-7)34-18(4-21)15(29)10(24)6(2-20)33-18/h5-17,19-29H,1-4H2/t5-,6+,7-,8-,9+,10-,11+,12+,13-,14-,15-,16-,17+,18-/m0/s1. The second-order valence-corrected chi connectivity index (χ2v) is 8.41. The number of aliphatic hydroxyl groups is 11. The molecular formula is C18H32O16. The van der Waals surface area contributed by atoms with Crippen molar-refractivity contribution in [3.05, 3.63) is 0 Å². The van der Waals surface area contributed by atoms with Gasteiger partial charge in [-0.05, 0) is 0 Å². The molecule has 3 fully saturated rings. The highest BCUT2D eigenvalue weighted by molar-refractivity contribution is 4.98. The van der Waals surface area contributed by atoms with Gasteiger partial charge in [-0.2, -0.15) is 0 Å². The molecule has 3 rings (SSSR count). The van der Waals surface area contributed by atoms with Crippen LogP contribution in [0, 0.1) is 0 Å². The summed E-state index contributed by atoms with van der Waals surface area (Å²) >= 11 is 0. The minimum Gasteiger partial charge on any atom is -0.394 e. The fourth-order valence-electron chi connectivity index (χ4n) is 4.01.